The number of para-hydroxylation sites is 1. The second kappa shape index (κ2) is 7.40. The zero-order chi connectivity index (χ0) is 18.7. The van der Waals surface area contributed by atoms with Crippen LogP contribution in [0.1, 0.15) is 17.3 Å². The average Bonchev–Trinajstić information content (AvgIpc) is 3.03. The first-order valence-electron chi connectivity index (χ1n) is 7.79. The second-order valence-corrected chi connectivity index (χ2v) is 8.10. The molecule has 0 aliphatic rings. The molecule has 1 heterocycles. The van der Waals surface area contributed by atoms with Crippen molar-refractivity contribution >= 4 is 42.6 Å². The largest absolute Gasteiger partial charge is 0.496 e. The third-order valence-corrected chi connectivity index (χ3v) is 6.07. The molecular weight excluding hydrogens is 374 g/mol. The zero-order valence-electron chi connectivity index (χ0n) is 14.1. The van der Waals surface area contributed by atoms with E-state index in [1.165, 1.54) is 36.6 Å². The van der Waals surface area contributed by atoms with Crippen molar-refractivity contribution in [2.24, 2.45) is 0 Å². The van der Waals surface area contributed by atoms with Gasteiger partial charge in [-0.25, -0.2) is 18.1 Å². The Morgan fingerprint density at radius 3 is 2.69 bits per heavy atom. The number of thiazole rings is 1. The van der Waals surface area contributed by atoms with Crippen LogP contribution < -0.4 is 14.8 Å². The Morgan fingerprint density at radius 1 is 1.23 bits per heavy atom. The molecule has 0 aliphatic carbocycles. The highest BCUT2D eigenvalue weighted by Gasteiger charge is 2.20. The number of hydrogen-bond donors (Lipinski definition) is 2. The number of ether oxygens (including phenoxy) is 1. The monoisotopic (exact) mass is 391 g/mol. The summed E-state index contributed by atoms with van der Waals surface area (Å²) >= 11 is 1.34. The van der Waals surface area contributed by atoms with Gasteiger partial charge in [-0.3, -0.25) is 10.1 Å². The Balaban J connectivity index is 1.94. The molecule has 3 aromatic rings. The fourth-order valence-corrected chi connectivity index (χ4v) is 4.32. The van der Waals surface area contributed by atoms with Crippen LogP contribution >= 0.6 is 11.3 Å². The van der Waals surface area contributed by atoms with E-state index in [0.29, 0.717) is 5.13 Å². The van der Waals surface area contributed by atoms with Gasteiger partial charge in [0.15, 0.2) is 5.13 Å². The highest BCUT2D eigenvalue weighted by molar-refractivity contribution is 7.89. The molecule has 26 heavy (non-hydrogen) atoms. The first kappa shape index (κ1) is 18.3. The van der Waals surface area contributed by atoms with Crippen LogP contribution in [0.25, 0.3) is 10.2 Å². The Labute approximate surface area is 155 Å². The van der Waals surface area contributed by atoms with Gasteiger partial charge >= 0.3 is 0 Å². The van der Waals surface area contributed by atoms with Crippen molar-refractivity contribution in [1.29, 1.82) is 0 Å². The van der Waals surface area contributed by atoms with E-state index in [-0.39, 0.29) is 22.8 Å². The molecule has 9 heteroatoms. The third kappa shape index (κ3) is 3.69. The number of nitrogens with zero attached hydrogens (tertiary/aromatic N) is 1. The number of fused-ring (bicyclic) bond motifs is 1. The van der Waals surface area contributed by atoms with E-state index in [1.807, 2.05) is 24.3 Å². The number of rotatable bonds is 6. The molecule has 0 unspecified atom stereocenters. The molecular formula is C17H17N3O4S2. The SMILES string of the molecule is CCNS(=O)(=O)c1ccc(OC)c(C(=O)Nc2nc3ccccc3s2)c1. The van der Waals surface area contributed by atoms with Crippen molar-refractivity contribution in [1.82, 2.24) is 9.71 Å². The molecule has 3 rings (SSSR count). The van der Waals surface area contributed by atoms with E-state index >= 15 is 0 Å². The molecule has 0 aliphatic heterocycles. The number of carbonyl (C=O) groups is 1. The van der Waals surface area contributed by atoms with Crippen molar-refractivity contribution < 1.29 is 17.9 Å². The van der Waals surface area contributed by atoms with E-state index in [9.17, 15) is 13.2 Å². The van der Waals surface area contributed by atoms with Gasteiger partial charge in [0.2, 0.25) is 10.0 Å². The van der Waals surface area contributed by atoms with Gasteiger partial charge in [0, 0.05) is 6.54 Å². The molecule has 0 radical (unpaired) electrons. The second-order valence-electron chi connectivity index (χ2n) is 5.30. The molecule has 1 aromatic heterocycles. The highest BCUT2D eigenvalue weighted by Crippen LogP contribution is 2.28. The van der Waals surface area contributed by atoms with E-state index < -0.39 is 15.9 Å². The van der Waals surface area contributed by atoms with Crippen LogP contribution in [-0.2, 0) is 10.0 Å². The molecule has 0 bridgehead atoms. The summed E-state index contributed by atoms with van der Waals surface area (Å²) in [5, 5.41) is 3.14. The van der Waals surface area contributed by atoms with Gasteiger partial charge in [-0.05, 0) is 30.3 Å². The number of hydrogen-bond acceptors (Lipinski definition) is 6. The van der Waals surface area contributed by atoms with Gasteiger partial charge in [-0.15, -0.1) is 0 Å². The van der Waals surface area contributed by atoms with Crippen LogP contribution in [-0.4, -0.2) is 33.0 Å². The van der Waals surface area contributed by atoms with E-state index in [0.717, 1.165) is 10.2 Å². The third-order valence-electron chi connectivity index (χ3n) is 3.57. The molecule has 0 saturated heterocycles. The fraction of sp³-hybridized carbons (Fsp3) is 0.176. The Hall–Kier alpha value is -2.49. The van der Waals surface area contributed by atoms with E-state index in [1.54, 1.807) is 6.92 Å². The van der Waals surface area contributed by atoms with Crippen molar-refractivity contribution in [3.63, 3.8) is 0 Å². The lowest BCUT2D eigenvalue weighted by Gasteiger charge is -2.11. The maximum Gasteiger partial charge on any atom is 0.261 e. The summed E-state index contributed by atoms with van der Waals surface area (Å²) in [5.41, 5.74) is 0.897. The molecule has 0 saturated carbocycles. The van der Waals surface area contributed by atoms with Crippen LogP contribution in [0, 0.1) is 0 Å². The van der Waals surface area contributed by atoms with Gasteiger partial charge in [-0.2, -0.15) is 0 Å². The van der Waals surface area contributed by atoms with Crippen LogP contribution in [0.3, 0.4) is 0 Å². The van der Waals surface area contributed by atoms with Gasteiger partial charge in [-0.1, -0.05) is 30.4 Å². The summed E-state index contributed by atoms with van der Waals surface area (Å²) in [5.74, 6) is -0.214. The van der Waals surface area contributed by atoms with Crippen LogP contribution in [0.5, 0.6) is 5.75 Å². The quantitative estimate of drug-likeness (QED) is 0.673. The van der Waals surface area contributed by atoms with Crippen molar-refractivity contribution in [2.75, 3.05) is 19.0 Å². The fourth-order valence-electron chi connectivity index (χ4n) is 2.40. The minimum atomic E-state index is -3.68. The van der Waals surface area contributed by atoms with E-state index in [2.05, 4.69) is 15.0 Å². The maximum absolute atomic E-state index is 12.7. The predicted octanol–water partition coefficient (Wildman–Crippen LogP) is 2.86. The van der Waals surface area contributed by atoms with Gasteiger partial charge in [0.1, 0.15) is 5.75 Å². The first-order valence-corrected chi connectivity index (χ1v) is 10.1. The first-order chi connectivity index (χ1) is 12.4. The van der Waals surface area contributed by atoms with E-state index in [4.69, 9.17) is 4.74 Å². The molecule has 7 nitrogen and oxygen atoms in total. The highest BCUT2D eigenvalue weighted by atomic mass is 32.2. The molecule has 0 atom stereocenters. The molecule has 136 valence electrons. The number of methoxy groups -OCH3 is 1. The van der Waals surface area contributed by atoms with Crippen LogP contribution in [0.4, 0.5) is 5.13 Å². The summed E-state index contributed by atoms with van der Waals surface area (Å²) in [6, 6.07) is 11.7. The lowest BCUT2D eigenvalue weighted by Crippen LogP contribution is -2.23. The molecule has 0 spiro atoms. The van der Waals surface area contributed by atoms with Gasteiger partial charge in [0.05, 0.1) is 27.8 Å². The van der Waals surface area contributed by atoms with Crippen molar-refractivity contribution in [2.45, 2.75) is 11.8 Å². The van der Waals surface area contributed by atoms with Gasteiger partial charge < -0.3 is 4.74 Å². The lowest BCUT2D eigenvalue weighted by molar-refractivity contribution is 0.102. The standard InChI is InChI=1S/C17H17N3O4S2/c1-3-18-26(22,23)11-8-9-14(24-2)12(10-11)16(21)20-17-19-13-6-4-5-7-15(13)25-17/h4-10,18H,3H2,1-2H3,(H,19,20,21). The average molecular weight is 391 g/mol. The summed E-state index contributed by atoms with van der Waals surface area (Å²) in [6.07, 6.45) is 0. The Kier molecular flexibility index (Phi) is 5.21. The summed E-state index contributed by atoms with van der Waals surface area (Å²) in [6.45, 7) is 1.93. The molecule has 2 N–H and O–H groups in total. The Bertz CT molecular complexity index is 1030. The number of aromatic nitrogens is 1. The smallest absolute Gasteiger partial charge is 0.261 e. The number of benzene rings is 2. The lowest BCUT2D eigenvalue weighted by atomic mass is 10.2. The minimum Gasteiger partial charge on any atom is -0.496 e. The number of nitrogens with one attached hydrogen (secondary N) is 2. The zero-order valence-corrected chi connectivity index (χ0v) is 15.8. The van der Waals surface area contributed by atoms with Crippen LogP contribution in [0.15, 0.2) is 47.4 Å². The Morgan fingerprint density at radius 2 is 2.00 bits per heavy atom. The molecule has 1 amide bonds. The number of amides is 1. The number of carbonyl (C=O) groups excluding carboxylic acids is 1. The molecule has 2 aromatic carbocycles. The topological polar surface area (TPSA) is 97.4 Å². The van der Waals surface area contributed by atoms with Crippen molar-refractivity contribution in [3.05, 3.63) is 48.0 Å². The summed E-state index contributed by atoms with van der Waals surface area (Å²) in [7, 11) is -2.26. The molecule has 0 fully saturated rings. The number of sulfonamides is 1. The van der Waals surface area contributed by atoms with Crippen LogP contribution in [0.2, 0.25) is 0 Å². The minimum absolute atomic E-state index is 0.00500. The predicted molar refractivity (Wildman–Crippen MR) is 101 cm³/mol. The van der Waals surface area contributed by atoms with Gasteiger partial charge in [0.25, 0.3) is 5.91 Å². The normalized spacial score (nSPS) is 11.5. The summed E-state index contributed by atoms with van der Waals surface area (Å²) < 4.78 is 32.9. The van der Waals surface area contributed by atoms with Crippen molar-refractivity contribution in [3.8, 4) is 5.75 Å². The number of anilines is 1. The maximum atomic E-state index is 12.7. The summed E-state index contributed by atoms with van der Waals surface area (Å²) in [4.78, 5) is 17.0.